The summed E-state index contributed by atoms with van der Waals surface area (Å²) in [5, 5.41) is 10.2. The Kier molecular flexibility index (Phi) is 6.60. The number of rotatable bonds is 4. The maximum absolute atomic E-state index is 6.77. The number of hydrogen-bond donors (Lipinski definition) is 0. The Hall–Kier alpha value is -7.56. The van der Waals surface area contributed by atoms with Crippen LogP contribution in [0.5, 0.6) is 0 Å². The smallest absolute Gasteiger partial charge is 0.235 e. The van der Waals surface area contributed by atoms with E-state index in [4.69, 9.17) is 14.4 Å². The standard InChI is InChI=1S/C52H31N3O/c1-3-14-32(15-4-1)36-26-27-46-44(29-36)49-38-21-10-9-20-37(38)42(33-16-5-2-6-17-33)31-47(49)55(46)52-53-45-25-12-11-22-40(45)50(54-52)41-24-13-23-39-43-28-34-18-7-8-19-35(34)30-48(43)56-51(39)41/h1-31H. The topological polar surface area (TPSA) is 43.9 Å². The van der Waals surface area contributed by atoms with Gasteiger partial charge < -0.3 is 4.42 Å². The van der Waals surface area contributed by atoms with E-state index in [0.717, 1.165) is 77.0 Å². The van der Waals surface area contributed by atoms with Crippen molar-refractivity contribution in [1.82, 2.24) is 14.5 Å². The summed E-state index contributed by atoms with van der Waals surface area (Å²) in [6.07, 6.45) is 0. The minimum atomic E-state index is 0.610. The molecule has 3 aromatic heterocycles. The molecule has 260 valence electrons. The quantitative estimate of drug-likeness (QED) is 0.182. The van der Waals surface area contributed by atoms with E-state index >= 15 is 0 Å². The first-order chi connectivity index (χ1) is 27.8. The predicted octanol–water partition coefficient (Wildman–Crippen LogP) is 13.9. The molecule has 0 aliphatic rings. The summed E-state index contributed by atoms with van der Waals surface area (Å²) >= 11 is 0. The number of aromatic nitrogens is 3. The fourth-order valence-electron chi connectivity index (χ4n) is 8.80. The van der Waals surface area contributed by atoms with Crippen molar-refractivity contribution < 1.29 is 4.42 Å². The molecular formula is C52H31N3O. The molecule has 3 heterocycles. The van der Waals surface area contributed by atoms with Crippen LogP contribution in [0.25, 0.3) is 116 Å². The summed E-state index contributed by atoms with van der Waals surface area (Å²) in [5.41, 5.74) is 11.1. The number of nitrogens with zero attached hydrogens (tertiary/aromatic N) is 3. The second-order valence-corrected chi connectivity index (χ2v) is 14.5. The Morgan fingerprint density at radius 1 is 0.393 bits per heavy atom. The van der Waals surface area contributed by atoms with Gasteiger partial charge in [-0.3, -0.25) is 4.57 Å². The van der Waals surface area contributed by atoms with Crippen LogP contribution >= 0.6 is 0 Å². The van der Waals surface area contributed by atoms with Crippen molar-refractivity contribution in [3.05, 3.63) is 188 Å². The Bertz CT molecular complexity index is 3530. The van der Waals surface area contributed by atoms with Crippen molar-refractivity contribution in [1.29, 1.82) is 0 Å². The van der Waals surface area contributed by atoms with E-state index in [1.807, 2.05) is 0 Å². The molecule has 0 radical (unpaired) electrons. The van der Waals surface area contributed by atoms with Crippen LogP contribution in [0.3, 0.4) is 0 Å². The zero-order valence-corrected chi connectivity index (χ0v) is 30.1. The van der Waals surface area contributed by atoms with Gasteiger partial charge in [0.1, 0.15) is 11.2 Å². The van der Waals surface area contributed by atoms with Gasteiger partial charge in [-0.1, -0.05) is 146 Å². The number of furan rings is 1. The Morgan fingerprint density at radius 2 is 1.07 bits per heavy atom. The Balaban J connectivity index is 1.19. The van der Waals surface area contributed by atoms with Gasteiger partial charge in [0.2, 0.25) is 5.95 Å². The van der Waals surface area contributed by atoms with E-state index in [1.165, 1.54) is 32.7 Å². The van der Waals surface area contributed by atoms with Crippen LogP contribution in [-0.2, 0) is 0 Å². The van der Waals surface area contributed by atoms with Gasteiger partial charge in [-0.2, -0.15) is 0 Å². The lowest BCUT2D eigenvalue weighted by molar-refractivity contribution is 0.670. The summed E-state index contributed by atoms with van der Waals surface area (Å²) in [5.74, 6) is 0.610. The third-order valence-electron chi connectivity index (χ3n) is 11.4. The molecule has 0 saturated heterocycles. The number of hydrogen-bond acceptors (Lipinski definition) is 3. The highest BCUT2D eigenvalue weighted by Gasteiger charge is 2.23. The summed E-state index contributed by atoms with van der Waals surface area (Å²) < 4.78 is 9.03. The van der Waals surface area contributed by atoms with Gasteiger partial charge in [0.15, 0.2) is 0 Å². The zero-order valence-electron chi connectivity index (χ0n) is 30.1. The number of para-hydroxylation sites is 2. The van der Waals surface area contributed by atoms with Gasteiger partial charge in [-0.25, -0.2) is 9.97 Å². The van der Waals surface area contributed by atoms with Crippen molar-refractivity contribution in [2.45, 2.75) is 0 Å². The molecule has 0 aliphatic heterocycles. The molecule has 12 rings (SSSR count). The fourth-order valence-corrected chi connectivity index (χ4v) is 8.80. The second kappa shape index (κ2) is 12.0. The average Bonchev–Trinajstić information content (AvgIpc) is 3.80. The lowest BCUT2D eigenvalue weighted by atomic mass is 9.94. The van der Waals surface area contributed by atoms with Crippen LogP contribution in [-0.4, -0.2) is 14.5 Å². The molecule has 0 spiro atoms. The Morgan fingerprint density at radius 3 is 1.89 bits per heavy atom. The third kappa shape index (κ3) is 4.60. The minimum absolute atomic E-state index is 0.610. The van der Waals surface area contributed by atoms with Crippen LogP contribution < -0.4 is 0 Å². The molecule has 0 amide bonds. The summed E-state index contributed by atoms with van der Waals surface area (Å²) in [6, 6.07) is 66.7. The van der Waals surface area contributed by atoms with Crippen molar-refractivity contribution in [2.75, 3.05) is 0 Å². The molecule has 0 unspecified atom stereocenters. The second-order valence-electron chi connectivity index (χ2n) is 14.5. The predicted molar refractivity (Wildman–Crippen MR) is 232 cm³/mol. The average molecular weight is 714 g/mol. The maximum atomic E-state index is 6.77. The first-order valence-corrected chi connectivity index (χ1v) is 19.0. The monoisotopic (exact) mass is 713 g/mol. The van der Waals surface area contributed by atoms with Gasteiger partial charge in [0.05, 0.1) is 22.2 Å². The van der Waals surface area contributed by atoms with Crippen LogP contribution in [0.4, 0.5) is 0 Å². The molecule has 0 aliphatic carbocycles. The molecule has 4 heteroatoms. The van der Waals surface area contributed by atoms with Gasteiger partial charge >= 0.3 is 0 Å². The van der Waals surface area contributed by atoms with Crippen LogP contribution in [0, 0.1) is 0 Å². The molecule has 0 fully saturated rings. The normalized spacial score (nSPS) is 11.9. The van der Waals surface area contributed by atoms with Crippen LogP contribution in [0.15, 0.2) is 192 Å². The molecular weight excluding hydrogens is 683 g/mol. The molecule has 0 saturated carbocycles. The molecule has 9 aromatic carbocycles. The lowest BCUT2D eigenvalue weighted by Gasteiger charge is -2.13. The zero-order chi connectivity index (χ0) is 36.7. The molecule has 56 heavy (non-hydrogen) atoms. The minimum Gasteiger partial charge on any atom is -0.455 e. The highest BCUT2D eigenvalue weighted by molar-refractivity contribution is 6.25. The van der Waals surface area contributed by atoms with Crippen molar-refractivity contribution in [2.24, 2.45) is 0 Å². The van der Waals surface area contributed by atoms with E-state index in [1.54, 1.807) is 0 Å². The van der Waals surface area contributed by atoms with E-state index in [-0.39, 0.29) is 0 Å². The van der Waals surface area contributed by atoms with Crippen molar-refractivity contribution >= 4 is 76.2 Å². The third-order valence-corrected chi connectivity index (χ3v) is 11.4. The summed E-state index contributed by atoms with van der Waals surface area (Å²) in [4.78, 5) is 10.9. The molecule has 0 bridgehead atoms. The SMILES string of the molecule is c1ccc(-c2ccc3c(c2)c2c4ccccc4c(-c4ccccc4)cc2n3-c2nc(-c3cccc4c3oc3cc5ccccc5cc34)c3ccccc3n2)cc1. The van der Waals surface area contributed by atoms with E-state index in [9.17, 15) is 0 Å². The Labute approximate surface area is 321 Å². The summed E-state index contributed by atoms with van der Waals surface area (Å²) in [6.45, 7) is 0. The van der Waals surface area contributed by atoms with Gasteiger partial charge in [-0.15, -0.1) is 0 Å². The van der Waals surface area contributed by atoms with Gasteiger partial charge in [0, 0.05) is 32.5 Å². The molecule has 4 nitrogen and oxygen atoms in total. The van der Waals surface area contributed by atoms with Crippen molar-refractivity contribution in [3.63, 3.8) is 0 Å². The maximum Gasteiger partial charge on any atom is 0.235 e. The lowest BCUT2D eigenvalue weighted by Crippen LogP contribution is -2.03. The van der Waals surface area contributed by atoms with Gasteiger partial charge in [-0.05, 0) is 86.3 Å². The van der Waals surface area contributed by atoms with E-state index in [0.29, 0.717) is 5.95 Å². The molecule has 0 N–H and O–H groups in total. The van der Waals surface area contributed by atoms with E-state index < -0.39 is 0 Å². The number of fused-ring (bicyclic) bond motifs is 10. The highest BCUT2D eigenvalue weighted by atomic mass is 16.3. The summed E-state index contributed by atoms with van der Waals surface area (Å²) in [7, 11) is 0. The highest BCUT2D eigenvalue weighted by Crippen LogP contribution is 2.44. The molecule has 12 aromatic rings. The first-order valence-electron chi connectivity index (χ1n) is 19.0. The van der Waals surface area contributed by atoms with Crippen LogP contribution in [0.1, 0.15) is 0 Å². The van der Waals surface area contributed by atoms with Gasteiger partial charge in [0.25, 0.3) is 0 Å². The first kappa shape index (κ1) is 30.9. The van der Waals surface area contributed by atoms with Crippen LogP contribution in [0.2, 0.25) is 0 Å². The van der Waals surface area contributed by atoms with Crippen molar-refractivity contribution in [3.8, 4) is 39.5 Å². The largest absolute Gasteiger partial charge is 0.455 e. The molecule has 0 atom stereocenters. The number of benzene rings is 9. The van der Waals surface area contributed by atoms with E-state index in [2.05, 4.69) is 193 Å². The fraction of sp³-hybridized carbons (Fsp3) is 0.